The second kappa shape index (κ2) is 6.15. The molecule has 1 heterocycles. The summed E-state index contributed by atoms with van der Waals surface area (Å²) >= 11 is 4.58. The van der Waals surface area contributed by atoms with E-state index in [-0.39, 0.29) is 12.3 Å². The Balaban J connectivity index is 2.09. The Hall–Kier alpha value is -1.73. The summed E-state index contributed by atoms with van der Waals surface area (Å²) in [5, 5.41) is 13.3. The number of amides is 1. The van der Waals surface area contributed by atoms with Crippen LogP contribution in [-0.2, 0) is 11.2 Å². The minimum absolute atomic E-state index is 0.149. The molecule has 0 atom stereocenters. The quantitative estimate of drug-likeness (QED) is 0.883. The lowest BCUT2D eigenvalue weighted by Crippen LogP contribution is -2.12. The van der Waals surface area contributed by atoms with Crippen molar-refractivity contribution < 1.29 is 14.7 Å². The first-order valence-electron chi connectivity index (χ1n) is 5.69. The highest BCUT2D eigenvalue weighted by Crippen LogP contribution is 2.20. The largest absolute Gasteiger partial charge is 0.481 e. The highest BCUT2D eigenvalue weighted by atomic mass is 79.9. The monoisotopic (exact) mass is 354 g/mol. The third-order valence-electron chi connectivity index (χ3n) is 2.52. The number of aliphatic carboxylic acids is 1. The molecular formula is C13H11BrN2O3S. The van der Waals surface area contributed by atoms with Gasteiger partial charge in [-0.25, -0.2) is 4.98 Å². The van der Waals surface area contributed by atoms with Crippen molar-refractivity contribution in [3.8, 4) is 0 Å². The van der Waals surface area contributed by atoms with E-state index in [1.165, 1.54) is 11.3 Å². The number of aromatic nitrogens is 1. The van der Waals surface area contributed by atoms with Crippen molar-refractivity contribution in [2.45, 2.75) is 13.3 Å². The van der Waals surface area contributed by atoms with E-state index in [0.29, 0.717) is 16.4 Å². The van der Waals surface area contributed by atoms with Crippen molar-refractivity contribution in [1.29, 1.82) is 0 Å². The van der Waals surface area contributed by atoms with E-state index in [9.17, 15) is 9.59 Å². The fraction of sp³-hybridized carbons (Fsp3) is 0.154. The van der Waals surface area contributed by atoms with Crippen molar-refractivity contribution in [2.24, 2.45) is 0 Å². The van der Waals surface area contributed by atoms with Crippen molar-refractivity contribution in [3.05, 3.63) is 44.9 Å². The lowest BCUT2D eigenvalue weighted by atomic mass is 10.1. The molecule has 0 aliphatic rings. The van der Waals surface area contributed by atoms with Crippen LogP contribution in [0.5, 0.6) is 0 Å². The average molecular weight is 355 g/mol. The lowest BCUT2D eigenvalue weighted by molar-refractivity contribution is -0.136. The van der Waals surface area contributed by atoms with Gasteiger partial charge >= 0.3 is 5.97 Å². The molecule has 1 aromatic heterocycles. The molecule has 20 heavy (non-hydrogen) atoms. The van der Waals surface area contributed by atoms with E-state index < -0.39 is 5.97 Å². The predicted molar refractivity (Wildman–Crippen MR) is 80.3 cm³/mol. The number of anilines is 1. The van der Waals surface area contributed by atoms with Gasteiger partial charge in [0.2, 0.25) is 0 Å². The van der Waals surface area contributed by atoms with E-state index >= 15 is 0 Å². The molecule has 2 aromatic rings. The lowest BCUT2D eigenvalue weighted by Gasteiger charge is -2.04. The molecule has 0 bridgehead atoms. The summed E-state index contributed by atoms with van der Waals surface area (Å²) in [7, 11) is 0. The van der Waals surface area contributed by atoms with Crippen LogP contribution in [0.15, 0.2) is 28.1 Å². The number of benzene rings is 1. The Kier molecular flexibility index (Phi) is 4.51. The Morgan fingerprint density at radius 3 is 2.85 bits per heavy atom. The van der Waals surface area contributed by atoms with Crippen molar-refractivity contribution in [3.63, 3.8) is 0 Å². The molecule has 2 rings (SSSR count). The van der Waals surface area contributed by atoms with Gasteiger partial charge in [0.05, 0.1) is 12.1 Å². The van der Waals surface area contributed by atoms with E-state index in [1.807, 2.05) is 13.0 Å². The number of aryl methyl sites for hydroxylation is 1. The molecule has 5 nitrogen and oxygen atoms in total. The van der Waals surface area contributed by atoms with Gasteiger partial charge in [0, 0.05) is 15.4 Å². The summed E-state index contributed by atoms with van der Waals surface area (Å²) < 4.78 is 0.937. The van der Waals surface area contributed by atoms with E-state index in [2.05, 4.69) is 26.2 Å². The zero-order chi connectivity index (χ0) is 14.7. The first-order chi connectivity index (χ1) is 9.45. The molecule has 0 unspecified atom stereocenters. The van der Waals surface area contributed by atoms with Gasteiger partial charge in [-0.1, -0.05) is 15.9 Å². The molecule has 1 amide bonds. The molecule has 0 spiro atoms. The third-order valence-corrected chi connectivity index (χ3v) is 4.22. The number of carbonyl (C=O) groups excluding carboxylic acids is 1. The molecular weight excluding hydrogens is 344 g/mol. The fourth-order valence-corrected chi connectivity index (χ4v) is 2.51. The minimum atomic E-state index is -0.947. The van der Waals surface area contributed by atoms with Gasteiger partial charge in [0.15, 0.2) is 5.13 Å². The van der Waals surface area contributed by atoms with E-state index in [1.54, 1.807) is 17.5 Å². The van der Waals surface area contributed by atoms with Gasteiger partial charge in [-0.2, -0.15) is 0 Å². The molecule has 0 radical (unpaired) electrons. The molecule has 1 aromatic carbocycles. The average Bonchev–Trinajstić information content (AvgIpc) is 2.79. The van der Waals surface area contributed by atoms with E-state index in [4.69, 9.17) is 5.11 Å². The molecule has 0 fully saturated rings. The van der Waals surface area contributed by atoms with Crippen LogP contribution in [0.4, 0.5) is 5.13 Å². The molecule has 0 aliphatic heterocycles. The third kappa shape index (κ3) is 3.64. The normalized spacial score (nSPS) is 10.3. The summed E-state index contributed by atoms with van der Waals surface area (Å²) in [5.74, 6) is -1.21. The Labute approximate surface area is 127 Å². The second-order valence-electron chi connectivity index (χ2n) is 4.13. The number of carboxylic acids is 1. The van der Waals surface area contributed by atoms with Crippen LogP contribution in [0, 0.1) is 6.92 Å². The summed E-state index contributed by atoms with van der Waals surface area (Å²) in [5.41, 5.74) is 1.92. The summed E-state index contributed by atoms with van der Waals surface area (Å²) in [4.78, 5) is 26.6. The van der Waals surface area contributed by atoms with Crippen molar-refractivity contribution in [1.82, 2.24) is 4.98 Å². The molecule has 0 aliphatic carbocycles. The van der Waals surface area contributed by atoms with Crippen LogP contribution < -0.4 is 5.32 Å². The number of carboxylic acid groups (broad SMARTS) is 1. The number of nitrogens with zero attached hydrogens (tertiary/aromatic N) is 1. The van der Waals surface area contributed by atoms with Crippen LogP contribution in [0.1, 0.15) is 21.6 Å². The smallest absolute Gasteiger partial charge is 0.309 e. The van der Waals surface area contributed by atoms with Gasteiger partial charge in [-0.05, 0) is 30.7 Å². The first kappa shape index (κ1) is 14.7. The molecule has 2 N–H and O–H groups in total. The highest BCUT2D eigenvalue weighted by Gasteiger charge is 2.11. The molecule has 7 heteroatoms. The number of hydrogen-bond donors (Lipinski definition) is 2. The van der Waals surface area contributed by atoms with Gasteiger partial charge in [-0.15, -0.1) is 11.3 Å². The van der Waals surface area contributed by atoms with Gasteiger partial charge in [0.1, 0.15) is 0 Å². The van der Waals surface area contributed by atoms with E-state index in [0.717, 1.165) is 10.0 Å². The Morgan fingerprint density at radius 1 is 1.45 bits per heavy atom. The molecule has 0 saturated carbocycles. The summed E-state index contributed by atoms with van der Waals surface area (Å²) in [6.45, 7) is 1.90. The van der Waals surface area contributed by atoms with Crippen molar-refractivity contribution >= 4 is 44.3 Å². The Bertz CT molecular complexity index is 669. The standard InChI is InChI=1S/C13H11BrN2O3S/c1-7-4-8(2-3-10(7)14)12(19)16-13-15-9(6-20-13)5-11(17)18/h2-4,6H,5H2,1H3,(H,17,18)(H,15,16,19). The number of rotatable bonds is 4. The van der Waals surface area contributed by atoms with Gasteiger partial charge in [0.25, 0.3) is 5.91 Å². The van der Waals surface area contributed by atoms with Crippen LogP contribution in [0.25, 0.3) is 0 Å². The minimum Gasteiger partial charge on any atom is -0.481 e. The van der Waals surface area contributed by atoms with Crippen LogP contribution in [0.2, 0.25) is 0 Å². The van der Waals surface area contributed by atoms with Crippen LogP contribution >= 0.6 is 27.3 Å². The number of carbonyl (C=O) groups is 2. The summed E-state index contributed by atoms with van der Waals surface area (Å²) in [6, 6.07) is 5.28. The van der Waals surface area contributed by atoms with Crippen molar-refractivity contribution in [2.75, 3.05) is 5.32 Å². The second-order valence-corrected chi connectivity index (χ2v) is 5.85. The SMILES string of the molecule is Cc1cc(C(=O)Nc2nc(CC(=O)O)cs2)ccc1Br. The predicted octanol–water partition coefficient (Wildman–Crippen LogP) is 3.09. The maximum Gasteiger partial charge on any atom is 0.309 e. The number of thiazole rings is 1. The number of hydrogen-bond acceptors (Lipinski definition) is 4. The molecule has 0 saturated heterocycles. The van der Waals surface area contributed by atoms with Crippen LogP contribution in [-0.4, -0.2) is 22.0 Å². The fourth-order valence-electron chi connectivity index (χ4n) is 1.56. The maximum absolute atomic E-state index is 12.0. The van der Waals surface area contributed by atoms with Gasteiger partial charge < -0.3 is 5.11 Å². The zero-order valence-corrected chi connectivity index (χ0v) is 12.9. The maximum atomic E-state index is 12.0. The Morgan fingerprint density at radius 2 is 2.20 bits per heavy atom. The zero-order valence-electron chi connectivity index (χ0n) is 10.5. The van der Waals surface area contributed by atoms with Gasteiger partial charge in [-0.3, -0.25) is 14.9 Å². The first-order valence-corrected chi connectivity index (χ1v) is 7.36. The highest BCUT2D eigenvalue weighted by molar-refractivity contribution is 9.10. The summed E-state index contributed by atoms with van der Waals surface area (Å²) in [6.07, 6.45) is -0.149. The number of halogens is 1. The van der Waals surface area contributed by atoms with Crippen LogP contribution in [0.3, 0.4) is 0 Å². The molecule has 104 valence electrons. The topological polar surface area (TPSA) is 79.3 Å². The number of nitrogens with one attached hydrogen (secondary N) is 1.